The molecule has 1 aromatic rings. The molecule has 1 saturated carbocycles. The van der Waals surface area contributed by atoms with Gasteiger partial charge in [0.1, 0.15) is 5.82 Å². The van der Waals surface area contributed by atoms with E-state index >= 15 is 0 Å². The van der Waals surface area contributed by atoms with Gasteiger partial charge in [0, 0.05) is 31.4 Å². The van der Waals surface area contributed by atoms with E-state index in [-0.39, 0.29) is 0 Å². The summed E-state index contributed by atoms with van der Waals surface area (Å²) in [4.78, 5) is 6.89. The minimum absolute atomic E-state index is 0.701. The summed E-state index contributed by atoms with van der Waals surface area (Å²) in [5, 5.41) is 3.94. The highest BCUT2D eigenvalue weighted by molar-refractivity contribution is 5.38. The first-order valence-corrected chi connectivity index (χ1v) is 8.62. The van der Waals surface area contributed by atoms with Gasteiger partial charge in [0.15, 0.2) is 0 Å². The summed E-state index contributed by atoms with van der Waals surface area (Å²) in [5.74, 6) is 2.91. The number of nitrogens with one attached hydrogen (secondary N) is 1. The van der Waals surface area contributed by atoms with Gasteiger partial charge in [-0.05, 0) is 56.1 Å². The van der Waals surface area contributed by atoms with Crippen LogP contribution in [0, 0.1) is 11.8 Å². The maximum absolute atomic E-state index is 4.47. The number of hydrogen-bond acceptors (Lipinski definition) is 3. The van der Waals surface area contributed by atoms with Crippen molar-refractivity contribution >= 4 is 5.82 Å². The molecule has 3 nitrogen and oxygen atoms in total. The van der Waals surface area contributed by atoms with E-state index in [0.717, 1.165) is 36.8 Å². The molecule has 0 aromatic carbocycles. The Bertz CT molecular complexity index is 415. The monoisotopic (exact) mass is 287 g/mol. The van der Waals surface area contributed by atoms with E-state index in [2.05, 4.69) is 41.2 Å². The molecule has 1 aliphatic heterocycles. The fourth-order valence-electron chi connectivity index (χ4n) is 4.23. The topological polar surface area (TPSA) is 28.2 Å². The molecule has 0 radical (unpaired) electrons. The highest BCUT2D eigenvalue weighted by Gasteiger charge is 2.27. The van der Waals surface area contributed by atoms with Crippen LogP contribution < -0.4 is 10.2 Å². The fraction of sp³-hybridized carbons (Fsp3) is 0.722. The van der Waals surface area contributed by atoms with Crippen LogP contribution in [0.3, 0.4) is 0 Å². The van der Waals surface area contributed by atoms with Crippen LogP contribution in [0.15, 0.2) is 24.4 Å². The van der Waals surface area contributed by atoms with Crippen molar-refractivity contribution in [3.63, 3.8) is 0 Å². The van der Waals surface area contributed by atoms with E-state index < -0.39 is 0 Å². The number of hydrogen-bond donors (Lipinski definition) is 1. The average molecular weight is 287 g/mol. The molecule has 1 aliphatic carbocycles. The van der Waals surface area contributed by atoms with Crippen LogP contribution in [0.2, 0.25) is 0 Å². The molecule has 2 heterocycles. The van der Waals surface area contributed by atoms with Crippen molar-refractivity contribution in [1.29, 1.82) is 0 Å². The Labute approximate surface area is 129 Å². The SMILES string of the molecule is CC1CC(C)CC(NC2CCN(c3ccccn3)CC2)C1. The average Bonchev–Trinajstić information content (AvgIpc) is 2.48. The third-order valence-electron chi connectivity index (χ3n) is 5.12. The second-order valence-electron chi connectivity index (χ2n) is 7.23. The van der Waals surface area contributed by atoms with Crippen LogP contribution in [-0.4, -0.2) is 30.2 Å². The van der Waals surface area contributed by atoms with Gasteiger partial charge < -0.3 is 10.2 Å². The Kier molecular flexibility index (Phi) is 4.79. The number of rotatable bonds is 3. The van der Waals surface area contributed by atoms with Gasteiger partial charge in [-0.1, -0.05) is 19.9 Å². The summed E-state index contributed by atoms with van der Waals surface area (Å²) < 4.78 is 0. The van der Waals surface area contributed by atoms with E-state index in [1.807, 2.05) is 12.3 Å². The highest BCUT2D eigenvalue weighted by Crippen LogP contribution is 2.29. The lowest BCUT2D eigenvalue weighted by atomic mass is 9.80. The third-order valence-corrected chi connectivity index (χ3v) is 5.12. The molecule has 1 aromatic heterocycles. The van der Waals surface area contributed by atoms with Crippen molar-refractivity contribution in [1.82, 2.24) is 10.3 Å². The number of nitrogens with zero attached hydrogens (tertiary/aromatic N) is 2. The lowest BCUT2D eigenvalue weighted by molar-refractivity contribution is 0.216. The molecule has 0 spiro atoms. The molecule has 1 N–H and O–H groups in total. The quantitative estimate of drug-likeness (QED) is 0.922. The second kappa shape index (κ2) is 6.78. The molecule has 116 valence electrons. The van der Waals surface area contributed by atoms with Crippen LogP contribution in [0.4, 0.5) is 5.82 Å². The van der Waals surface area contributed by atoms with E-state index in [4.69, 9.17) is 0 Å². The number of piperidine rings is 1. The summed E-state index contributed by atoms with van der Waals surface area (Å²) in [6.45, 7) is 7.08. The summed E-state index contributed by atoms with van der Waals surface area (Å²) in [7, 11) is 0. The standard InChI is InChI=1S/C18H29N3/c1-14-11-15(2)13-17(12-14)20-16-6-9-21(10-7-16)18-5-3-4-8-19-18/h3-5,8,14-17,20H,6-7,9-13H2,1-2H3. The Hall–Kier alpha value is -1.09. The number of pyridine rings is 1. The van der Waals surface area contributed by atoms with Crippen molar-refractivity contribution < 1.29 is 0 Å². The molecule has 3 rings (SSSR count). The van der Waals surface area contributed by atoms with E-state index in [1.54, 1.807) is 0 Å². The van der Waals surface area contributed by atoms with Crippen LogP contribution in [-0.2, 0) is 0 Å². The number of aromatic nitrogens is 1. The molecule has 3 heteroatoms. The molecular weight excluding hydrogens is 258 g/mol. The molecule has 1 saturated heterocycles. The normalized spacial score (nSPS) is 31.3. The van der Waals surface area contributed by atoms with Crippen molar-refractivity contribution in [3.05, 3.63) is 24.4 Å². The van der Waals surface area contributed by atoms with Gasteiger partial charge in [-0.2, -0.15) is 0 Å². The van der Waals surface area contributed by atoms with E-state index in [9.17, 15) is 0 Å². The van der Waals surface area contributed by atoms with Gasteiger partial charge in [0.2, 0.25) is 0 Å². The lowest BCUT2D eigenvalue weighted by Crippen LogP contribution is -2.48. The minimum Gasteiger partial charge on any atom is -0.357 e. The van der Waals surface area contributed by atoms with Gasteiger partial charge in [-0.25, -0.2) is 4.98 Å². The predicted octanol–water partition coefficient (Wildman–Crippen LogP) is 3.46. The van der Waals surface area contributed by atoms with Gasteiger partial charge in [-0.3, -0.25) is 0 Å². The van der Waals surface area contributed by atoms with Gasteiger partial charge in [0.25, 0.3) is 0 Å². The summed E-state index contributed by atoms with van der Waals surface area (Å²) in [6.07, 6.45) is 8.53. The molecule has 0 amide bonds. The largest absolute Gasteiger partial charge is 0.357 e. The maximum Gasteiger partial charge on any atom is 0.128 e. The zero-order valence-electron chi connectivity index (χ0n) is 13.5. The van der Waals surface area contributed by atoms with E-state index in [0.29, 0.717) is 6.04 Å². The summed E-state index contributed by atoms with van der Waals surface area (Å²) in [5.41, 5.74) is 0. The third kappa shape index (κ3) is 3.97. The van der Waals surface area contributed by atoms with Crippen molar-refractivity contribution in [2.45, 2.75) is 58.0 Å². The van der Waals surface area contributed by atoms with Crippen LogP contribution in [0.1, 0.15) is 46.0 Å². The Morgan fingerprint density at radius 2 is 1.71 bits per heavy atom. The Balaban J connectivity index is 1.48. The molecule has 2 unspecified atom stereocenters. The molecule has 2 aliphatic rings. The second-order valence-corrected chi connectivity index (χ2v) is 7.23. The maximum atomic E-state index is 4.47. The van der Waals surface area contributed by atoms with E-state index in [1.165, 1.54) is 32.1 Å². The Morgan fingerprint density at radius 3 is 2.33 bits per heavy atom. The molecule has 0 bridgehead atoms. The zero-order valence-corrected chi connectivity index (χ0v) is 13.5. The van der Waals surface area contributed by atoms with Gasteiger partial charge in [0.05, 0.1) is 0 Å². The lowest BCUT2D eigenvalue weighted by Gasteiger charge is -2.38. The van der Waals surface area contributed by atoms with Crippen molar-refractivity contribution in [2.24, 2.45) is 11.8 Å². The first-order valence-electron chi connectivity index (χ1n) is 8.62. The summed E-state index contributed by atoms with van der Waals surface area (Å²) >= 11 is 0. The molecule has 2 fully saturated rings. The predicted molar refractivity (Wildman–Crippen MR) is 88.6 cm³/mol. The van der Waals surface area contributed by atoms with Crippen LogP contribution in [0.25, 0.3) is 0 Å². The first-order chi connectivity index (χ1) is 10.2. The minimum atomic E-state index is 0.701. The number of anilines is 1. The Morgan fingerprint density at radius 1 is 1.00 bits per heavy atom. The summed E-state index contributed by atoms with van der Waals surface area (Å²) in [6, 6.07) is 7.64. The molecule has 21 heavy (non-hydrogen) atoms. The molecular formula is C18H29N3. The highest BCUT2D eigenvalue weighted by atomic mass is 15.2. The van der Waals surface area contributed by atoms with Crippen molar-refractivity contribution in [3.8, 4) is 0 Å². The van der Waals surface area contributed by atoms with Crippen LogP contribution in [0.5, 0.6) is 0 Å². The van der Waals surface area contributed by atoms with Gasteiger partial charge >= 0.3 is 0 Å². The van der Waals surface area contributed by atoms with Crippen molar-refractivity contribution in [2.75, 3.05) is 18.0 Å². The van der Waals surface area contributed by atoms with Gasteiger partial charge in [-0.15, -0.1) is 0 Å². The van der Waals surface area contributed by atoms with Crippen LogP contribution >= 0.6 is 0 Å². The molecule has 2 atom stereocenters. The zero-order chi connectivity index (χ0) is 14.7. The fourth-order valence-corrected chi connectivity index (χ4v) is 4.23. The first kappa shape index (κ1) is 14.8. The smallest absolute Gasteiger partial charge is 0.128 e.